The van der Waals surface area contributed by atoms with Crippen LogP contribution in [0.1, 0.15) is 18.4 Å². The van der Waals surface area contributed by atoms with Crippen LogP contribution in [0, 0.1) is 0 Å². The number of fused-ring (bicyclic) bond motifs is 1. The molecule has 0 radical (unpaired) electrons. The summed E-state index contributed by atoms with van der Waals surface area (Å²) in [5.74, 6) is 1.73. The van der Waals surface area contributed by atoms with Crippen LogP contribution in [0.15, 0.2) is 18.2 Å². The normalized spacial score (nSPS) is 22.4. The van der Waals surface area contributed by atoms with Crippen molar-refractivity contribution >= 4 is 15.9 Å². The predicted octanol–water partition coefficient (Wildman–Crippen LogP) is 1.22. The number of hydrogen-bond acceptors (Lipinski definition) is 5. The molecule has 1 aromatic carbocycles. The molecule has 2 heterocycles. The lowest BCUT2D eigenvalue weighted by atomic mass is 10.0. The summed E-state index contributed by atoms with van der Waals surface area (Å²) in [7, 11) is 0.392. The van der Waals surface area contributed by atoms with Crippen LogP contribution in [0.3, 0.4) is 0 Å². The van der Waals surface area contributed by atoms with Gasteiger partial charge in [0.2, 0.25) is 0 Å². The second kappa shape index (κ2) is 7.11. The zero-order valence-electron chi connectivity index (χ0n) is 14.5. The van der Waals surface area contributed by atoms with Crippen LogP contribution in [0.5, 0.6) is 11.5 Å². The van der Waals surface area contributed by atoms with Gasteiger partial charge in [-0.25, -0.2) is 13.2 Å². The van der Waals surface area contributed by atoms with E-state index in [1.54, 1.807) is 19.1 Å². The Morgan fingerprint density at radius 3 is 2.72 bits per heavy atom. The van der Waals surface area contributed by atoms with Crippen molar-refractivity contribution in [2.75, 3.05) is 32.3 Å². The Balaban J connectivity index is 1.58. The molecule has 0 spiro atoms. The van der Waals surface area contributed by atoms with Crippen LogP contribution in [-0.2, 0) is 16.3 Å². The average molecular weight is 368 g/mol. The number of ether oxygens (including phenoxy) is 2. The number of carbonyl (C=O) groups is 1. The Kier molecular flexibility index (Phi) is 5.08. The molecule has 0 aromatic heterocycles. The van der Waals surface area contributed by atoms with Gasteiger partial charge < -0.3 is 19.7 Å². The van der Waals surface area contributed by atoms with Crippen LogP contribution < -0.4 is 14.8 Å². The second-order valence-electron chi connectivity index (χ2n) is 6.60. The zero-order chi connectivity index (χ0) is 18.0. The van der Waals surface area contributed by atoms with Crippen LogP contribution in [0.25, 0.3) is 0 Å². The van der Waals surface area contributed by atoms with E-state index in [-0.39, 0.29) is 29.6 Å². The van der Waals surface area contributed by atoms with Gasteiger partial charge in [0.15, 0.2) is 11.5 Å². The Hall–Kier alpha value is -1.96. The second-order valence-corrected chi connectivity index (χ2v) is 8.91. The summed E-state index contributed by atoms with van der Waals surface area (Å²) in [6.45, 7) is 0.381. The lowest BCUT2D eigenvalue weighted by Gasteiger charge is -2.33. The summed E-state index contributed by atoms with van der Waals surface area (Å²) in [4.78, 5) is 14.1. The highest BCUT2D eigenvalue weighted by Crippen LogP contribution is 2.34. The maximum absolute atomic E-state index is 12.5. The summed E-state index contributed by atoms with van der Waals surface area (Å²) in [5, 5.41) is 2.99. The minimum absolute atomic E-state index is 0.0413. The van der Waals surface area contributed by atoms with E-state index in [4.69, 9.17) is 9.47 Å². The quantitative estimate of drug-likeness (QED) is 0.867. The molecule has 7 nitrogen and oxygen atoms in total. The Labute approximate surface area is 148 Å². The first-order valence-electron chi connectivity index (χ1n) is 8.42. The predicted molar refractivity (Wildman–Crippen MR) is 94.0 cm³/mol. The van der Waals surface area contributed by atoms with E-state index < -0.39 is 9.84 Å². The summed E-state index contributed by atoms with van der Waals surface area (Å²) in [5.41, 5.74) is 1.00. The van der Waals surface area contributed by atoms with Gasteiger partial charge in [-0.2, -0.15) is 0 Å². The largest absolute Gasteiger partial charge is 0.493 e. The van der Waals surface area contributed by atoms with Crippen molar-refractivity contribution in [1.29, 1.82) is 0 Å². The number of rotatable bonds is 3. The maximum atomic E-state index is 12.5. The van der Waals surface area contributed by atoms with E-state index in [1.165, 1.54) is 0 Å². The Morgan fingerprint density at radius 2 is 2.04 bits per heavy atom. The maximum Gasteiger partial charge on any atom is 0.317 e. The van der Waals surface area contributed by atoms with Crippen molar-refractivity contribution in [3.63, 3.8) is 0 Å². The molecule has 0 bridgehead atoms. The molecule has 8 heteroatoms. The molecule has 1 fully saturated rings. The minimum Gasteiger partial charge on any atom is -0.493 e. The summed E-state index contributed by atoms with van der Waals surface area (Å²) in [6, 6.07) is 5.36. The number of amides is 2. The zero-order valence-corrected chi connectivity index (χ0v) is 15.3. The third-order valence-electron chi connectivity index (χ3n) is 4.90. The fraction of sp³-hybridized carbons (Fsp3) is 0.588. The smallest absolute Gasteiger partial charge is 0.317 e. The van der Waals surface area contributed by atoms with Gasteiger partial charge in [0.25, 0.3) is 0 Å². The number of carbonyl (C=O) groups excluding carboxylic acids is 1. The molecule has 2 aliphatic heterocycles. The van der Waals surface area contributed by atoms with Gasteiger partial charge >= 0.3 is 6.03 Å². The van der Waals surface area contributed by atoms with Crippen molar-refractivity contribution in [2.45, 2.75) is 31.3 Å². The lowest BCUT2D eigenvalue weighted by molar-refractivity contribution is 0.170. The van der Waals surface area contributed by atoms with Gasteiger partial charge in [-0.1, -0.05) is 12.1 Å². The number of benzene rings is 1. The molecule has 1 atom stereocenters. The monoisotopic (exact) mass is 368 g/mol. The summed E-state index contributed by atoms with van der Waals surface area (Å²) in [6.07, 6.45) is 1.66. The molecule has 138 valence electrons. The van der Waals surface area contributed by atoms with Crippen molar-refractivity contribution in [2.24, 2.45) is 0 Å². The van der Waals surface area contributed by atoms with Gasteiger partial charge in [-0.05, 0) is 25.3 Å². The first-order chi connectivity index (χ1) is 11.9. The van der Waals surface area contributed by atoms with Gasteiger partial charge in [0.05, 0.1) is 24.7 Å². The molecule has 3 rings (SSSR count). The first-order valence-corrected chi connectivity index (χ1v) is 10.2. The van der Waals surface area contributed by atoms with Crippen LogP contribution in [0.4, 0.5) is 4.79 Å². The van der Waals surface area contributed by atoms with Crippen molar-refractivity contribution in [1.82, 2.24) is 10.2 Å². The molecule has 2 amide bonds. The molecule has 1 saturated heterocycles. The first kappa shape index (κ1) is 17.8. The Morgan fingerprint density at radius 1 is 1.32 bits per heavy atom. The number of para-hydroxylation sites is 1. The summed E-state index contributed by atoms with van der Waals surface area (Å²) < 4.78 is 34.1. The average Bonchev–Trinajstić information content (AvgIpc) is 2.60. The molecule has 1 N–H and O–H groups in total. The molecule has 0 aliphatic carbocycles. The van der Waals surface area contributed by atoms with Crippen molar-refractivity contribution < 1.29 is 22.7 Å². The molecule has 0 saturated carbocycles. The summed E-state index contributed by atoms with van der Waals surface area (Å²) >= 11 is 0. The van der Waals surface area contributed by atoms with E-state index >= 15 is 0 Å². The van der Waals surface area contributed by atoms with Crippen molar-refractivity contribution in [3.8, 4) is 11.5 Å². The standard InChI is InChI=1S/C17H24N2O5S/c1-19(14-6-8-25(21,22)9-7-14)17(20)18-13-10-12-4-3-5-15(23-2)16(12)24-11-13/h3-5,13-14H,6-11H2,1-2H3,(H,18,20)/t13-/m0/s1. The van der Waals surface area contributed by atoms with E-state index in [9.17, 15) is 13.2 Å². The topological polar surface area (TPSA) is 84.9 Å². The molecule has 1 aromatic rings. The third-order valence-corrected chi connectivity index (χ3v) is 6.61. The fourth-order valence-electron chi connectivity index (χ4n) is 3.35. The van der Waals surface area contributed by atoms with E-state index in [0.29, 0.717) is 31.6 Å². The molecule has 0 unspecified atom stereocenters. The van der Waals surface area contributed by atoms with Crippen LogP contribution >= 0.6 is 0 Å². The van der Waals surface area contributed by atoms with E-state index in [1.807, 2.05) is 18.2 Å². The van der Waals surface area contributed by atoms with Gasteiger partial charge in [0.1, 0.15) is 16.4 Å². The fourth-order valence-corrected chi connectivity index (χ4v) is 4.82. The molecular weight excluding hydrogens is 344 g/mol. The molecule has 2 aliphatic rings. The van der Waals surface area contributed by atoms with E-state index in [2.05, 4.69) is 5.32 Å². The highest BCUT2D eigenvalue weighted by Gasteiger charge is 2.30. The number of sulfone groups is 1. The van der Waals surface area contributed by atoms with Crippen LogP contribution in [0.2, 0.25) is 0 Å². The molecule has 25 heavy (non-hydrogen) atoms. The third kappa shape index (κ3) is 4.00. The van der Waals surface area contributed by atoms with Gasteiger partial charge in [0, 0.05) is 18.7 Å². The number of nitrogens with zero attached hydrogens (tertiary/aromatic N) is 1. The Bertz CT molecular complexity index is 735. The highest BCUT2D eigenvalue weighted by molar-refractivity contribution is 7.91. The van der Waals surface area contributed by atoms with Crippen molar-refractivity contribution in [3.05, 3.63) is 23.8 Å². The number of methoxy groups -OCH3 is 1. The van der Waals surface area contributed by atoms with Crippen LogP contribution in [-0.4, -0.2) is 63.7 Å². The molecular formula is C17H24N2O5S. The van der Waals surface area contributed by atoms with Gasteiger partial charge in [-0.3, -0.25) is 0 Å². The number of urea groups is 1. The van der Waals surface area contributed by atoms with Gasteiger partial charge in [-0.15, -0.1) is 0 Å². The number of nitrogens with one attached hydrogen (secondary N) is 1. The van der Waals surface area contributed by atoms with E-state index in [0.717, 1.165) is 11.3 Å². The highest BCUT2D eigenvalue weighted by atomic mass is 32.2. The number of hydrogen-bond donors (Lipinski definition) is 1. The lowest BCUT2D eigenvalue weighted by Crippen LogP contribution is -2.52. The minimum atomic E-state index is -2.93. The SMILES string of the molecule is COc1cccc2c1OC[C@@H](NC(=O)N(C)C1CCS(=O)(=O)CC1)C2.